The quantitative estimate of drug-likeness (QED) is 0.856. The molecule has 2 aliphatic rings. The van der Waals surface area contributed by atoms with E-state index in [0.717, 1.165) is 38.0 Å². The highest BCUT2D eigenvalue weighted by atomic mass is 16.2. The number of carbonyl (C=O) groups excluding carboxylic acids is 1. The van der Waals surface area contributed by atoms with Gasteiger partial charge in [0, 0.05) is 38.8 Å². The molecular weight excluding hydrogens is 274 g/mol. The fourth-order valence-electron chi connectivity index (χ4n) is 3.99. The number of carbonyl (C=O) groups is 1. The van der Waals surface area contributed by atoms with Crippen molar-refractivity contribution in [3.63, 3.8) is 0 Å². The zero-order valence-electron chi connectivity index (χ0n) is 14.0. The lowest BCUT2D eigenvalue weighted by molar-refractivity contribution is -0.134. The molecule has 0 unspecified atom stereocenters. The molecule has 4 nitrogen and oxygen atoms in total. The molecule has 1 aliphatic heterocycles. The minimum Gasteiger partial charge on any atom is -0.345 e. The summed E-state index contributed by atoms with van der Waals surface area (Å²) in [6, 6.07) is 4.91. The first-order valence-corrected chi connectivity index (χ1v) is 8.44. The van der Waals surface area contributed by atoms with Gasteiger partial charge in [0.2, 0.25) is 5.91 Å². The van der Waals surface area contributed by atoms with Gasteiger partial charge >= 0.3 is 0 Å². The summed E-state index contributed by atoms with van der Waals surface area (Å²) in [6.07, 6.45) is 6.15. The number of nitrogens with zero attached hydrogens (tertiary/aromatic N) is 3. The topological polar surface area (TPSA) is 36.4 Å². The van der Waals surface area contributed by atoms with Crippen molar-refractivity contribution in [1.29, 1.82) is 0 Å². The zero-order valence-corrected chi connectivity index (χ0v) is 14.0. The molecule has 1 aromatic rings. The minimum absolute atomic E-state index is 0.321. The Balaban J connectivity index is 1.59. The van der Waals surface area contributed by atoms with Gasteiger partial charge in [-0.2, -0.15) is 0 Å². The number of aryl methyl sites for hydroxylation is 1. The predicted octanol–water partition coefficient (Wildman–Crippen LogP) is 2.33. The fraction of sp³-hybridized carbons (Fsp3) is 0.667. The third-order valence-corrected chi connectivity index (χ3v) is 5.52. The van der Waals surface area contributed by atoms with Gasteiger partial charge in [0.1, 0.15) is 0 Å². The molecule has 3 rings (SSSR count). The molecule has 1 saturated carbocycles. The van der Waals surface area contributed by atoms with Gasteiger partial charge in [-0.05, 0) is 49.8 Å². The number of aromatic nitrogens is 1. The molecule has 1 aromatic heterocycles. The Morgan fingerprint density at radius 1 is 1.32 bits per heavy atom. The first kappa shape index (κ1) is 15.5. The van der Waals surface area contributed by atoms with Crippen LogP contribution in [-0.2, 0) is 17.8 Å². The molecule has 0 aromatic carbocycles. The second-order valence-corrected chi connectivity index (χ2v) is 7.05. The first-order chi connectivity index (χ1) is 10.6. The summed E-state index contributed by atoms with van der Waals surface area (Å²) >= 11 is 0. The van der Waals surface area contributed by atoms with Crippen molar-refractivity contribution in [2.24, 2.45) is 11.8 Å². The summed E-state index contributed by atoms with van der Waals surface area (Å²) in [5.74, 6) is 1.60. The van der Waals surface area contributed by atoms with E-state index in [1.807, 2.05) is 18.1 Å². The molecule has 0 bridgehead atoms. The molecule has 1 amide bonds. The minimum atomic E-state index is 0.321. The molecule has 1 saturated heterocycles. The van der Waals surface area contributed by atoms with Crippen LogP contribution in [-0.4, -0.2) is 47.4 Å². The number of hydrogen-bond donors (Lipinski definition) is 0. The maximum absolute atomic E-state index is 11.9. The Labute approximate surface area is 133 Å². The van der Waals surface area contributed by atoms with E-state index >= 15 is 0 Å². The molecular formula is C18H27N3O. The Morgan fingerprint density at radius 3 is 2.77 bits per heavy atom. The maximum Gasteiger partial charge on any atom is 0.222 e. The van der Waals surface area contributed by atoms with Gasteiger partial charge < -0.3 is 4.90 Å². The van der Waals surface area contributed by atoms with Gasteiger partial charge in [-0.3, -0.25) is 14.7 Å². The standard InChI is InChI=1S/C18H27N3O/c1-4-13-5-6-16(19-10-13)12-20(2)17-7-14-9-18(22)21(3)11-15(14)8-17/h5-6,10,14-15,17H,4,7-9,11-12H2,1-3H3/t14-,15+,17-/m1/s1. The Morgan fingerprint density at radius 2 is 2.09 bits per heavy atom. The van der Waals surface area contributed by atoms with Crippen LogP contribution in [0.15, 0.2) is 18.3 Å². The maximum atomic E-state index is 11.9. The number of piperidine rings is 1. The van der Waals surface area contributed by atoms with E-state index in [2.05, 4.69) is 36.0 Å². The van der Waals surface area contributed by atoms with Crippen LogP contribution in [0.25, 0.3) is 0 Å². The van der Waals surface area contributed by atoms with E-state index in [-0.39, 0.29) is 0 Å². The smallest absolute Gasteiger partial charge is 0.222 e. The van der Waals surface area contributed by atoms with E-state index in [9.17, 15) is 4.79 Å². The average Bonchev–Trinajstić information content (AvgIpc) is 2.91. The van der Waals surface area contributed by atoms with E-state index in [1.165, 1.54) is 12.0 Å². The number of hydrogen-bond acceptors (Lipinski definition) is 3. The monoisotopic (exact) mass is 301 g/mol. The third kappa shape index (κ3) is 3.17. The Bertz CT molecular complexity index is 528. The summed E-state index contributed by atoms with van der Waals surface area (Å²) in [7, 11) is 4.14. The molecule has 22 heavy (non-hydrogen) atoms. The van der Waals surface area contributed by atoms with Crippen molar-refractivity contribution in [2.45, 2.75) is 45.2 Å². The van der Waals surface area contributed by atoms with E-state index in [4.69, 9.17) is 0 Å². The number of rotatable bonds is 4. The lowest BCUT2D eigenvalue weighted by Crippen LogP contribution is -2.39. The second-order valence-electron chi connectivity index (χ2n) is 7.05. The lowest BCUT2D eigenvalue weighted by atomic mass is 9.88. The van der Waals surface area contributed by atoms with Crippen LogP contribution in [0.5, 0.6) is 0 Å². The lowest BCUT2D eigenvalue weighted by Gasteiger charge is -2.31. The summed E-state index contributed by atoms with van der Waals surface area (Å²) in [5.41, 5.74) is 2.43. The molecule has 2 heterocycles. The number of fused-ring (bicyclic) bond motifs is 1. The van der Waals surface area contributed by atoms with Gasteiger partial charge in [0.15, 0.2) is 0 Å². The summed E-state index contributed by atoms with van der Waals surface area (Å²) in [6.45, 7) is 4.00. The van der Waals surface area contributed by atoms with Gasteiger partial charge in [-0.1, -0.05) is 13.0 Å². The highest BCUT2D eigenvalue weighted by molar-refractivity contribution is 5.77. The molecule has 0 spiro atoms. The molecule has 0 N–H and O–H groups in total. The van der Waals surface area contributed by atoms with Crippen molar-refractivity contribution >= 4 is 5.91 Å². The van der Waals surface area contributed by atoms with Crippen LogP contribution in [0.2, 0.25) is 0 Å². The normalized spacial score (nSPS) is 28.3. The Kier molecular flexibility index (Phi) is 4.48. The van der Waals surface area contributed by atoms with Gasteiger partial charge in [0.05, 0.1) is 5.69 Å². The predicted molar refractivity (Wildman–Crippen MR) is 87.3 cm³/mol. The van der Waals surface area contributed by atoms with E-state index < -0.39 is 0 Å². The van der Waals surface area contributed by atoms with Crippen LogP contribution >= 0.6 is 0 Å². The van der Waals surface area contributed by atoms with Gasteiger partial charge in [0.25, 0.3) is 0 Å². The summed E-state index contributed by atoms with van der Waals surface area (Å²) in [5, 5.41) is 0. The highest BCUT2D eigenvalue weighted by Gasteiger charge is 2.41. The molecule has 0 radical (unpaired) electrons. The number of amides is 1. The third-order valence-electron chi connectivity index (χ3n) is 5.52. The van der Waals surface area contributed by atoms with Crippen LogP contribution in [0.1, 0.15) is 37.4 Å². The van der Waals surface area contributed by atoms with Crippen LogP contribution < -0.4 is 0 Å². The molecule has 120 valence electrons. The molecule has 4 heteroatoms. The second kappa shape index (κ2) is 6.37. The molecule has 2 fully saturated rings. The molecule has 1 aliphatic carbocycles. The SMILES string of the molecule is CCc1ccc(CN(C)[C@@H]2C[C@@H]3CC(=O)N(C)C[C@@H]3C2)nc1. The van der Waals surface area contributed by atoms with Crippen molar-refractivity contribution in [3.8, 4) is 0 Å². The summed E-state index contributed by atoms with van der Waals surface area (Å²) in [4.78, 5) is 20.8. The van der Waals surface area contributed by atoms with Crippen molar-refractivity contribution in [2.75, 3.05) is 20.6 Å². The zero-order chi connectivity index (χ0) is 15.7. The average molecular weight is 301 g/mol. The largest absolute Gasteiger partial charge is 0.345 e. The van der Waals surface area contributed by atoms with E-state index in [1.54, 1.807) is 0 Å². The Hall–Kier alpha value is -1.42. The van der Waals surface area contributed by atoms with Crippen molar-refractivity contribution in [3.05, 3.63) is 29.6 Å². The number of likely N-dealkylation sites (tertiary alicyclic amines) is 1. The van der Waals surface area contributed by atoms with Crippen molar-refractivity contribution in [1.82, 2.24) is 14.8 Å². The van der Waals surface area contributed by atoms with E-state index in [0.29, 0.717) is 23.8 Å². The van der Waals surface area contributed by atoms with Crippen LogP contribution in [0.3, 0.4) is 0 Å². The van der Waals surface area contributed by atoms with Gasteiger partial charge in [-0.25, -0.2) is 0 Å². The fourth-order valence-corrected chi connectivity index (χ4v) is 3.99. The molecule has 3 atom stereocenters. The first-order valence-electron chi connectivity index (χ1n) is 8.44. The van der Waals surface area contributed by atoms with Crippen LogP contribution in [0.4, 0.5) is 0 Å². The van der Waals surface area contributed by atoms with Gasteiger partial charge in [-0.15, -0.1) is 0 Å². The number of pyridine rings is 1. The summed E-state index contributed by atoms with van der Waals surface area (Å²) < 4.78 is 0. The highest BCUT2D eigenvalue weighted by Crippen LogP contribution is 2.40. The van der Waals surface area contributed by atoms with Crippen molar-refractivity contribution < 1.29 is 4.79 Å². The van der Waals surface area contributed by atoms with Crippen LogP contribution in [0, 0.1) is 11.8 Å².